The number of amides is 1. The first-order valence-corrected chi connectivity index (χ1v) is 8.58. The fourth-order valence-corrected chi connectivity index (χ4v) is 3.35. The van der Waals surface area contributed by atoms with Crippen LogP contribution in [0.2, 0.25) is 0 Å². The third-order valence-corrected chi connectivity index (χ3v) is 4.61. The van der Waals surface area contributed by atoms with Crippen LogP contribution >= 0.6 is 0 Å². The first-order chi connectivity index (χ1) is 12.1. The summed E-state index contributed by atoms with van der Waals surface area (Å²) in [5, 5.41) is 4.30. The molecule has 6 heteroatoms. The fraction of sp³-hybridized carbons (Fsp3) is 0.474. The summed E-state index contributed by atoms with van der Waals surface area (Å²) in [6.07, 6.45) is 0.960. The summed E-state index contributed by atoms with van der Waals surface area (Å²) in [4.78, 5) is 14.7. The lowest BCUT2D eigenvalue weighted by atomic mass is 10.1. The summed E-state index contributed by atoms with van der Waals surface area (Å²) >= 11 is 0. The zero-order valence-corrected chi connectivity index (χ0v) is 15.1. The Bertz CT molecular complexity index is 727. The van der Waals surface area contributed by atoms with Gasteiger partial charge in [-0.1, -0.05) is 30.3 Å². The highest BCUT2D eigenvalue weighted by Gasteiger charge is 2.31. The van der Waals surface area contributed by atoms with Crippen LogP contribution in [0.4, 0.5) is 0 Å². The van der Waals surface area contributed by atoms with E-state index in [2.05, 4.69) is 17.2 Å². The molecule has 0 bridgehead atoms. The first-order valence-electron chi connectivity index (χ1n) is 8.58. The summed E-state index contributed by atoms with van der Waals surface area (Å²) < 4.78 is 12.8. The topological polar surface area (TPSA) is 56.6 Å². The minimum atomic E-state index is -0.00647. The Morgan fingerprint density at radius 3 is 2.80 bits per heavy atom. The molecule has 1 aliphatic heterocycles. The monoisotopic (exact) mass is 343 g/mol. The van der Waals surface area contributed by atoms with Crippen LogP contribution in [0.25, 0.3) is 0 Å². The minimum absolute atomic E-state index is 0.00647. The smallest absolute Gasteiger partial charge is 0.261 e. The summed E-state index contributed by atoms with van der Waals surface area (Å²) in [5.41, 5.74) is 2.44. The molecule has 1 aliphatic rings. The van der Waals surface area contributed by atoms with Gasteiger partial charge in [-0.25, -0.2) is 4.68 Å². The predicted molar refractivity (Wildman–Crippen MR) is 94.6 cm³/mol. The molecule has 2 heterocycles. The number of hydrogen-bond acceptors (Lipinski definition) is 4. The van der Waals surface area contributed by atoms with Crippen LogP contribution in [-0.2, 0) is 18.4 Å². The molecular weight excluding hydrogens is 318 g/mol. The van der Waals surface area contributed by atoms with Crippen molar-refractivity contribution in [3.8, 4) is 5.88 Å². The molecule has 1 aromatic heterocycles. The molecule has 1 atom stereocenters. The molecule has 0 radical (unpaired) electrons. The van der Waals surface area contributed by atoms with E-state index in [0.29, 0.717) is 42.8 Å². The van der Waals surface area contributed by atoms with E-state index in [1.807, 2.05) is 30.0 Å². The Kier molecular flexibility index (Phi) is 5.38. The largest absolute Gasteiger partial charge is 0.481 e. The summed E-state index contributed by atoms with van der Waals surface area (Å²) in [6, 6.07) is 10.1. The van der Waals surface area contributed by atoms with Crippen LogP contribution in [-0.4, -0.2) is 47.4 Å². The lowest BCUT2D eigenvalue weighted by Gasteiger charge is -2.17. The Hall–Kier alpha value is -2.34. The van der Waals surface area contributed by atoms with Crippen LogP contribution < -0.4 is 4.74 Å². The summed E-state index contributed by atoms with van der Waals surface area (Å²) in [5.74, 6) is 0.884. The highest BCUT2D eigenvalue weighted by Crippen LogP contribution is 2.26. The maximum atomic E-state index is 12.9. The van der Waals surface area contributed by atoms with Crippen LogP contribution in [0.3, 0.4) is 0 Å². The highest BCUT2D eigenvalue weighted by molar-refractivity contribution is 5.97. The van der Waals surface area contributed by atoms with Gasteiger partial charge in [-0.15, -0.1) is 0 Å². The number of likely N-dealkylation sites (tertiary alicyclic amines) is 1. The Balaban J connectivity index is 1.55. The van der Waals surface area contributed by atoms with Gasteiger partial charge in [0.05, 0.1) is 26.0 Å². The molecule has 0 spiro atoms. The average molecular weight is 343 g/mol. The average Bonchev–Trinajstić information content (AvgIpc) is 3.19. The number of methoxy groups -OCH3 is 1. The number of nitrogens with zero attached hydrogens (tertiary/aromatic N) is 3. The van der Waals surface area contributed by atoms with Crippen molar-refractivity contribution in [2.75, 3.05) is 26.8 Å². The van der Waals surface area contributed by atoms with E-state index in [9.17, 15) is 4.79 Å². The normalized spacial score (nSPS) is 17.1. The highest BCUT2D eigenvalue weighted by atomic mass is 16.5. The van der Waals surface area contributed by atoms with Gasteiger partial charge < -0.3 is 14.4 Å². The van der Waals surface area contributed by atoms with E-state index < -0.39 is 0 Å². The molecule has 6 nitrogen and oxygen atoms in total. The van der Waals surface area contributed by atoms with Crippen LogP contribution in [0.1, 0.15) is 28.0 Å². The van der Waals surface area contributed by atoms with Crippen molar-refractivity contribution in [1.82, 2.24) is 14.7 Å². The van der Waals surface area contributed by atoms with Crippen LogP contribution in [0.5, 0.6) is 5.88 Å². The molecule has 0 aliphatic carbocycles. The van der Waals surface area contributed by atoms with Crippen molar-refractivity contribution < 1.29 is 14.3 Å². The van der Waals surface area contributed by atoms with E-state index in [4.69, 9.17) is 9.47 Å². The lowest BCUT2D eigenvalue weighted by molar-refractivity contribution is 0.0729. The Morgan fingerprint density at radius 2 is 2.08 bits per heavy atom. The number of carbonyl (C=O) groups is 1. The van der Waals surface area contributed by atoms with E-state index in [-0.39, 0.29) is 5.91 Å². The SMILES string of the molecule is COc1c(C(=O)N2CC[C@H](COCc3ccccc3)C2)c(C)nn1C. The molecule has 0 saturated carbocycles. The van der Waals surface area contributed by atoms with Gasteiger partial charge in [-0.2, -0.15) is 5.10 Å². The molecule has 1 fully saturated rings. The van der Waals surface area contributed by atoms with E-state index >= 15 is 0 Å². The van der Waals surface area contributed by atoms with Gasteiger partial charge in [-0.3, -0.25) is 4.79 Å². The zero-order valence-electron chi connectivity index (χ0n) is 15.1. The molecule has 1 aromatic carbocycles. The molecule has 134 valence electrons. The van der Waals surface area contributed by atoms with Gasteiger partial charge in [0.15, 0.2) is 0 Å². The third-order valence-electron chi connectivity index (χ3n) is 4.61. The molecule has 0 N–H and O–H groups in total. The maximum absolute atomic E-state index is 12.9. The van der Waals surface area contributed by atoms with Crippen molar-refractivity contribution in [3.63, 3.8) is 0 Å². The van der Waals surface area contributed by atoms with Gasteiger partial charge in [0.25, 0.3) is 5.91 Å². The van der Waals surface area contributed by atoms with Crippen molar-refractivity contribution in [3.05, 3.63) is 47.2 Å². The Labute approximate surface area is 148 Å². The van der Waals surface area contributed by atoms with Crippen molar-refractivity contribution >= 4 is 5.91 Å². The fourth-order valence-electron chi connectivity index (χ4n) is 3.35. The van der Waals surface area contributed by atoms with Gasteiger partial charge in [-0.05, 0) is 18.9 Å². The number of hydrogen-bond donors (Lipinski definition) is 0. The summed E-state index contributed by atoms with van der Waals surface area (Å²) in [7, 11) is 3.35. The zero-order chi connectivity index (χ0) is 17.8. The number of ether oxygens (including phenoxy) is 2. The molecule has 1 amide bonds. The maximum Gasteiger partial charge on any atom is 0.261 e. The minimum Gasteiger partial charge on any atom is -0.481 e. The third kappa shape index (κ3) is 3.85. The molecular formula is C19H25N3O3. The van der Waals surface area contributed by atoms with Crippen molar-refractivity contribution in [2.24, 2.45) is 13.0 Å². The summed E-state index contributed by atoms with van der Waals surface area (Å²) in [6.45, 7) is 4.58. The van der Waals surface area contributed by atoms with Crippen molar-refractivity contribution in [2.45, 2.75) is 20.0 Å². The molecule has 3 rings (SSSR count). The number of benzene rings is 1. The van der Waals surface area contributed by atoms with Crippen LogP contribution in [0, 0.1) is 12.8 Å². The molecule has 2 aromatic rings. The van der Waals surface area contributed by atoms with Gasteiger partial charge in [0.1, 0.15) is 5.56 Å². The van der Waals surface area contributed by atoms with Gasteiger partial charge in [0, 0.05) is 26.1 Å². The second kappa shape index (κ2) is 7.70. The number of rotatable bonds is 6. The Morgan fingerprint density at radius 1 is 1.32 bits per heavy atom. The lowest BCUT2D eigenvalue weighted by Crippen LogP contribution is -2.30. The van der Waals surface area contributed by atoms with Gasteiger partial charge in [0.2, 0.25) is 5.88 Å². The van der Waals surface area contributed by atoms with Crippen molar-refractivity contribution in [1.29, 1.82) is 0 Å². The standard InChI is InChI=1S/C19H25N3O3/c1-14-17(19(24-3)21(2)20-14)18(23)22-10-9-16(11-22)13-25-12-15-7-5-4-6-8-15/h4-8,16H,9-13H2,1-3H3/t16-/m0/s1. The van der Waals surface area contributed by atoms with Gasteiger partial charge >= 0.3 is 0 Å². The second-order valence-electron chi connectivity index (χ2n) is 6.50. The van der Waals surface area contributed by atoms with E-state index in [1.165, 1.54) is 5.56 Å². The first kappa shape index (κ1) is 17.5. The molecule has 0 unspecified atom stereocenters. The molecule has 25 heavy (non-hydrogen) atoms. The van der Waals surface area contributed by atoms with E-state index in [1.54, 1.807) is 18.8 Å². The molecule has 1 saturated heterocycles. The number of aromatic nitrogens is 2. The quantitative estimate of drug-likeness (QED) is 0.808. The number of aryl methyl sites for hydroxylation is 2. The second-order valence-corrected chi connectivity index (χ2v) is 6.50. The number of carbonyl (C=O) groups excluding carboxylic acids is 1. The predicted octanol–water partition coefficient (Wildman–Crippen LogP) is 2.42. The van der Waals surface area contributed by atoms with E-state index in [0.717, 1.165) is 13.0 Å². The van der Waals surface area contributed by atoms with Crippen LogP contribution in [0.15, 0.2) is 30.3 Å².